The maximum Gasteiger partial charge on any atom is 0.492 e. The smallest absolute Gasteiger partial charge is 0.456 e. The predicted octanol–water partition coefficient (Wildman–Crippen LogP) is 4.09. The molecule has 4 heteroatoms. The van der Waals surface area contributed by atoms with Crippen molar-refractivity contribution in [3.63, 3.8) is 0 Å². The van der Waals surface area contributed by atoms with Gasteiger partial charge >= 0.3 is 7.12 Å². The Kier molecular flexibility index (Phi) is 3.35. The Balaban J connectivity index is 1.93. The lowest BCUT2D eigenvalue weighted by atomic mass is 9.78. The van der Waals surface area contributed by atoms with E-state index in [1.165, 1.54) is 0 Å². The van der Waals surface area contributed by atoms with Crippen LogP contribution in [-0.2, 0) is 0 Å². The average Bonchev–Trinajstić information content (AvgIpc) is 3.06. The zero-order valence-electron chi connectivity index (χ0n) is 13.9. The molecule has 0 atom stereocenters. The fourth-order valence-electron chi connectivity index (χ4n) is 3.65. The standard InChI is InChI=1S/C22H15BO3/c24-23(25)19-13-16-8-4-5-9-17(16)21-18-12-15(14-6-2-1-3-7-14)10-11-20(18)26-22(19)21/h1-13,24-25H. The number of benzene rings is 4. The van der Waals surface area contributed by atoms with Crippen LogP contribution in [0.25, 0.3) is 43.8 Å². The number of hydrogen-bond donors (Lipinski definition) is 2. The van der Waals surface area contributed by atoms with E-state index in [2.05, 4.69) is 18.2 Å². The quantitative estimate of drug-likeness (QED) is 0.477. The maximum absolute atomic E-state index is 9.83. The van der Waals surface area contributed by atoms with Crippen molar-refractivity contribution in [3.05, 3.63) is 78.9 Å². The summed E-state index contributed by atoms with van der Waals surface area (Å²) in [6.07, 6.45) is 0. The fourth-order valence-corrected chi connectivity index (χ4v) is 3.65. The van der Waals surface area contributed by atoms with Crippen LogP contribution in [0, 0.1) is 0 Å². The Hall–Kier alpha value is -3.08. The first-order valence-corrected chi connectivity index (χ1v) is 8.52. The highest BCUT2D eigenvalue weighted by Crippen LogP contribution is 2.36. The van der Waals surface area contributed by atoms with Gasteiger partial charge in [-0.05, 0) is 34.0 Å². The van der Waals surface area contributed by atoms with Gasteiger partial charge < -0.3 is 14.5 Å². The van der Waals surface area contributed by atoms with Crippen LogP contribution in [0.2, 0.25) is 0 Å². The Bertz CT molecular complexity index is 1260. The van der Waals surface area contributed by atoms with Crippen molar-refractivity contribution in [1.29, 1.82) is 0 Å². The van der Waals surface area contributed by atoms with Crippen molar-refractivity contribution >= 4 is 45.3 Å². The summed E-state index contributed by atoms with van der Waals surface area (Å²) < 4.78 is 6.02. The molecule has 3 nitrogen and oxygen atoms in total. The Morgan fingerprint density at radius 3 is 2.27 bits per heavy atom. The van der Waals surface area contributed by atoms with Crippen molar-refractivity contribution in [2.24, 2.45) is 0 Å². The Morgan fingerprint density at radius 2 is 1.46 bits per heavy atom. The highest BCUT2D eigenvalue weighted by molar-refractivity contribution is 6.62. The van der Waals surface area contributed by atoms with Crippen LogP contribution >= 0.6 is 0 Å². The zero-order chi connectivity index (χ0) is 17.7. The fraction of sp³-hybridized carbons (Fsp3) is 0. The van der Waals surface area contributed by atoms with Gasteiger partial charge in [-0.3, -0.25) is 0 Å². The molecule has 0 spiro atoms. The summed E-state index contributed by atoms with van der Waals surface area (Å²) in [7, 11) is -1.59. The van der Waals surface area contributed by atoms with Crippen LogP contribution in [0.3, 0.4) is 0 Å². The van der Waals surface area contributed by atoms with Crippen LogP contribution in [0.5, 0.6) is 0 Å². The van der Waals surface area contributed by atoms with Gasteiger partial charge in [-0.15, -0.1) is 0 Å². The van der Waals surface area contributed by atoms with E-state index in [9.17, 15) is 10.0 Å². The van der Waals surface area contributed by atoms with Crippen LogP contribution in [0.15, 0.2) is 83.3 Å². The second-order valence-electron chi connectivity index (χ2n) is 6.44. The second kappa shape index (κ2) is 5.73. The lowest BCUT2D eigenvalue weighted by molar-refractivity contribution is 0.425. The number of furan rings is 1. The topological polar surface area (TPSA) is 53.6 Å². The molecule has 0 bridgehead atoms. The van der Waals surface area contributed by atoms with Crippen molar-refractivity contribution in [3.8, 4) is 11.1 Å². The molecule has 0 aliphatic carbocycles. The van der Waals surface area contributed by atoms with E-state index >= 15 is 0 Å². The molecule has 26 heavy (non-hydrogen) atoms. The molecule has 124 valence electrons. The third-order valence-electron chi connectivity index (χ3n) is 4.88. The van der Waals surface area contributed by atoms with E-state index in [-0.39, 0.29) is 0 Å². The molecule has 0 fully saturated rings. The van der Waals surface area contributed by atoms with Gasteiger partial charge in [0.2, 0.25) is 0 Å². The molecule has 1 heterocycles. The minimum absolute atomic E-state index is 0.385. The average molecular weight is 338 g/mol. The van der Waals surface area contributed by atoms with Gasteiger partial charge in [0.15, 0.2) is 0 Å². The van der Waals surface area contributed by atoms with Crippen LogP contribution < -0.4 is 5.46 Å². The van der Waals surface area contributed by atoms with Crippen molar-refractivity contribution < 1.29 is 14.5 Å². The number of rotatable bonds is 2. The lowest BCUT2D eigenvalue weighted by Crippen LogP contribution is -2.30. The van der Waals surface area contributed by atoms with E-state index in [1.54, 1.807) is 6.07 Å². The van der Waals surface area contributed by atoms with Crippen molar-refractivity contribution in [1.82, 2.24) is 0 Å². The third-order valence-corrected chi connectivity index (χ3v) is 4.88. The molecule has 0 saturated heterocycles. The Morgan fingerprint density at radius 1 is 0.692 bits per heavy atom. The molecule has 0 aliphatic rings. The van der Waals surface area contributed by atoms with E-state index < -0.39 is 7.12 Å². The minimum Gasteiger partial charge on any atom is -0.456 e. The van der Waals surface area contributed by atoms with Gasteiger partial charge in [0.05, 0.1) is 0 Å². The molecule has 0 radical (unpaired) electrons. The molecule has 5 rings (SSSR count). The van der Waals surface area contributed by atoms with Crippen molar-refractivity contribution in [2.75, 3.05) is 0 Å². The largest absolute Gasteiger partial charge is 0.492 e. The van der Waals surface area contributed by atoms with E-state index in [4.69, 9.17) is 4.42 Å². The first-order chi connectivity index (χ1) is 12.7. The molecule has 4 aromatic carbocycles. The summed E-state index contributed by atoms with van der Waals surface area (Å²) in [6, 6.07) is 26.0. The van der Waals surface area contributed by atoms with Crippen molar-refractivity contribution in [2.45, 2.75) is 0 Å². The van der Waals surface area contributed by atoms with Gasteiger partial charge in [0.1, 0.15) is 11.2 Å². The van der Waals surface area contributed by atoms with Gasteiger partial charge in [-0.25, -0.2) is 0 Å². The summed E-state index contributed by atoms with van der Waals surface area (Å²) in [6.45, 7) is 0. The van der Waals surface area contributed by atoms with E-state index in [1.807, 2.05) is 54.6 Å². The normalized spacial score (nSPS) is 11.5. The molecule has 0 aliphatic heterocycles. The molecule has 1 aromatic heterocycles. The number of fused-ring (bicyclic) bond motifs is 5. The monoisotopic (exact) mass is 338 g/mol. The molecule has 0 amide bonds. The van der Waals surface area contributed by atoms with Gasteiger partial charge in [-0.1, -0.05) is 66.7 Å². The summed E-state index contributed by atoms with van der Waals surface area (Å²) >= 11 is 0. The highest BCUT2D eigenvalue weighted by Gasteiger charge is 2.22. The van der Waals surface area contributed by atoms with Gasteiger partial charge in [0.25, 0.3) is 0 Å². The van der Waals surface area contributed by atoms with Crippen LogP contribution in [0.1, 0.15) is 0 Å². The third kappa shape index (κ3) is 2.24. The first-order valence-electron chi connectivity index (χ1n) is 8.52. The van der Waals surface area contributed by atoms with E-state index in [0.717, 1.165) is 38.3 Å². The van der Waals surface area contributed by atoms with Gasteiger partial charge in [-0.2, -0.15) is 0 Å². The summed E-state index contributed by atoms with van der Waals surface area (Å²) in [5, 5.41) is 23.5. The predicted molar refractivity (Wildman–Crippen MR) is 106 cm³/mol. The lowest BCUT2D eigenvalue weighted by Gasteiger charge is -2.05. The summed E-state index contributed by atoms with van der Waals surface area (Å²) in [5.74, 6) is 0. The van der Waals surface area contributed by atoms with Gasteiger partial charge in [0, 0.05) is 16.2 Å². The summed E-state index contributed by atoms with van der Waals surface area (Å²) in [5.41, 5.74) is 3.87. The second-order valence-corrected chi connectivity index (χ2v) is 6.44. The van der Waals surface area contributed by atoms with E-state index in [0.29, 0.717) is 11.0 Å². The zero-order valence-corrected chi connectivity index (χ0v) is 13.9. The number of hydrogen-bond acceptors (Lipinski definition) is 3. The molecular formula is C22H15BO3. The molecule has 0 saturated carbocycles. The minimum atomic E-state index is -1.59. The SMILES string of the molecule is OB(O)c1cc2ccccc2c2c1oc1ccc(-c3ccccc3)cc12. The molecule has 5 aromatic rings. The Labute approximate surface area is 150 Å². The molecule has 2 N–H and O–H groups in total. The molecular weight excluding hydrogens is 323 g/mol. The van der Waals surface area contributed by atoms with Crippen LogP contribution in [-0.4, -0.2) is 17.2 Å². The summed E-state index contributed by atoms with van der Waals surface area (Å²) in [4.78, 5) is 0. The maximum atomic E-state index is 9.83. The molecule has 0 unspecified atom stereocenters. The highest BCUT2D eigenvalue weighted by atomic mass is 16.4. The van der Waals surface area contributed by atoms with Crippen LogP contribution in [0.4, 0.5) is 0 Å². The first kappa shape index (κ1) is 15.2.